The van der Waals surface area contributed by atoms with Crippen molar-refractivity contribution in [1.29, 1.82) is 0 Å². The third-order valence-electron chi connectivity index (χ3n) is 3.48. The molecule has 2 nitrogen and oxygen atoms in total. The van der Waals surface area contributed by atoms with E-state index in [9.17, 15) is 0 Å². The van der Waals surface area contributed by atoms with Gasteiger partial charge in [-0.2, -0.15) is 0 Å². The predicted octanol–water partition coefficient (Wildman–Crippen LogP) is 1.86. The summed E-state index contributed by atoms with van der Waals surface area (Å²) in [6, 6.07) is 0. The molecule has 2 heteroatoms. The van der Waals surface area contributed by atoms with Gasteiger partial charge in [-0.3, -0.25) is 0 Å². The minimum absolute atomic E-state index is 0.461. The Kier molecular flexibility index (Phi) is 4.20. The monoisotopic (exact) mass is 184 g/mol. The molecule has 1 heterocycles. The van der Waals surface area contributed by atoms with E-state index in [1.54, 1.807) is 0 Å². The first-order valence-corrected chi connectivity index (χ1v) is 5.60. The van der Waals surface area contributed by atoms with Crippen molar-refractivity contribution in [1.82, 2.24) is 10.2 Å². The second-order valence-corrected chi connectivity index (χ2v) is 4.44. The number of hydrogen-bond donors (Lipinski definition) is 1. The average Bonchev–Trinajstić information content (AvgIpc) is 2.18. The van der Waals surface area contributed by atoms with Crippen molar-refractivity contribution in [2.75, 3.05) is 27.2 Å². The Balaban J connectivity index is 2.40. The van der Waals surface area contributed by atoms with E-state index in [0.717, 1.165) is 0 Å². The number of nitrogens with one attached hydrogen (secondary N) is 1. The van der Waals surface area contributed by atoms with Crippen LogP contribution < -0.4 is 5.32 Å². The third-order valence-corrected chi connectivity index (χ3v) is 3.48. The number of unbranched alkanes of at least 4 members (excludes halogenated alkanes) is 1. The molecular weight excluding hydrogens is 160 g/mol. The van der Waals surface area contributed by atoms with Crippen molar-refractivity contribution in [3.8, 4) is 0 Å². The van der Waals surface area contributed by atoms with E-state index in [0.29, 0.717) is 5.54 Å². The zero-order chi connectivity index (χ0) is 9.73. The molecule has 0 spiro atoms. The third kappa shape index (κ3) is 2.96. The van der Waals surface area contributed by atoms with Crippen LogP contribution in [0.3, 0.4) is 0 Å². The summed E-state index contributed by atoms with van der Waals surface area (Å²) in [6.45, 7) is 4.79. The Morgan fingerprint density at radius 1 is 1.31 bits per heavy atom. The largest absolute Gasteiger partial charge is 0.314 e. The molecule has 0 aromatic carbocycles. The van der Waals surface area contributed by atoms with Crippen LogP contribution in [0.1, 0.15) is 39.0 Å². The highest BCUT2D eigenvalue weighted by Gasteiger charge is 2.30. The van der Waals surface area contributed by atoms with Crippen LogP contribution in [0.25, 0.3) is 0 Å². The van der Waals surface area contributed by atoms with E-state index in [2.05, 4.69) is 31.2 Å². The molecule has 0 aliphatic carbocycles. The van der Waals surface area contributed by atoms with E-state index in [1.165, 1.54) is 45.2 Å². The lowest BCUT2D eigenvalue weighted by molar-refractivity contribution is 0.153. The Bertz CT molecular complexity index is 132. The van der Waals surface area contributed by atoms with Gasteiger partial charge < -0.3 is 10.2 Å². The fraction of sp³-hybridized carbons (Fsp3) is 1.00. The molecule has 0 aromatic rings. The summed E-state index contributed by atoms with van der Waals surface area (Å²) in [6.07, 6.45) is 6.68. The molecule has 78 valence electrons. The quantitative estimate of drug-likeness (QED) is 0.717. The second kappa shape index (κ2) is 4.97. The minimum atomic E-state index is 0.461. The fourth-order valence-electron chi connectivity index (χ4n) is 2.19. The van der Waals surface area contributed by atoms with Gasteiger partial charge in [-0.1, -0.05) is 19.8 Å². The van der Waals surface area contributed by atoms with Crippen molar-refractivity contribution in [2.24, 2.45) is 0 Å². The molecular formula is C11H24N2. The normalized spacial score (nSPS) is 23.3. The maximum Gasteiger partial charge on any atom is 0.0202 e. The SMILES string of the molecule is CCCCC1(NC)CCN(C)CC1. The summed E-state index contributed by atoms with van der Waals surface area (Å²) in [5, 5.41) is 3.55. The molecule has 0 unspecified atom stereocenters. The van der Waals surface area contributed by atoms with Gasteiger partial charge in [-0.05, 0) is 46.4 Å². The van der Waals surface area contributed by atoms with Crippen LogP contribution in [0.15, 0.2) is 0 Å². The second-order valence-electron chi connectivity index (χ2n) is 4.44. The lowest BCUT2D eigenvalue weighted by atomic mass is 9.83. The Morgan fingerprint density at radius 3 is 2.38 bits per heavy atom. The van der Waals surface area contributed by atoms with E-state index >= 15 is 0 Å². The van der Waals surface area contributed by atoms with E-state index in [-0.39, 0.29) is 0 Å². The average molecular weight is 184 g/mol. The molecule has 0 saturated carbocycles. The summed E-state index contributed by atoms with van der Waals surface area (Å²) in [7, 11) is 4.35. The van der Waals surface area contributed by atoms with Crippen LogP contribution in [0.4, 0.5) is 0 Å². The fourth-order valence-corrected chi connectivity index (χ4v) is 2.19. The maximum atomic E-state index is 3.55. The Hall–Kier alpha value is -0.0800. The standard InChI is InChI=1S/C11H24N2/c1-4-5-6-11(12-2)7-9-13(3)10-8-11/h12H,4-10H2,1-3H3. The molecule has 0 atom stereocenters. The molecule has 1 N–H and O–H groups in total. The van der Waals surface area contributed by atoms with E-state index in [1.807, 2.05) is 0 Å². The van der Waals surface area contributed by atoms with Crippen molar-refractivity contribution in [2.45, 2.75) is 44.6 Å². The van der Waals surface area contributed by atoms with Crippen LogP contribution in [0.5, 0.6) is 0 Å². The number of rotatable bonds is 4. The molecule has 0 radical (unpaired) electrons. The molecule has 0 aromatic heterocycles. The first-order chi connectivity index (χ1) is 6.22. The molecule has 1 aliphatic rings. The van der Waals surface area contributed by atoms with Gasteiger partial charge in [0.2, 0.25) is 0 Å². The Labute approximate surface area is 82.7 Å². The highest BCUT2D eigenvalue weighted by Crippen LogP contribution is 2.26. The van der Waals surface area contributed by atoms with Gasteiger partial charge in [0, 0.05) is 5.54 Å². The molecule has 1 aliphatic heterocycles. The highest BCUT2D eigenvalue weighted by atomic mass is 15.1. The summed E-state index contributed by atoms with van der Waals surface area (Å²) >= 11 is 0. The first-order valence-electron chi connectivity index (χ1n) is 5.60. The van der Waals surface area contributed by atoms with Gasteiger partial charge in [0.1, 0.15) is 0 Å². The van der Waals surface area contributed by atoms with Gasteiger partial charge in [0.15, 0.2) is 0 Å². The summed E-state index contributed by atoms with van der Waals surface area (Å²) in [4.78, 5) is 2.43. The molecule has 1 rings (SSSR count). The van der Waals surface area contributed by atoms with E-state index in [4.69, 9.17) is 0 Å². The van der Waals surface area contributed by atoms with Gasteiger partial charge >= 0.3 is 0 Å². The highest BCUT2D eigenvalue weighted by molar-refractivity contribution is 4.91. The zero-order valence-corrected chi connectivity index (χ0v) is 9.40. The van der Waals surface area contributed by atoms with Crippen LogP contribution in [-0.2, 0) is 0 Å². The molecule has 0 amide bonds. The van der Waals surface area contributed by atoms with Gasteiger partial charge in [0.05, 0.1) is 0 Å². The van der Waals surface area contributed by atoms with Crippen molar-refractivity contribution >= 4 is 0 Å². The van der Waals surface area contributed by atoms with Crippen molar-refractivity contribution in [3.63, 3.8) is 0 Å². The van der Waals surface area contributed by atoms with Crippen LogP contribution >= 0.6 is 0 Å². The molecule has 0 bridgehead atoms. The predicted molar refractivity (Wildman–Crippen MR) is 58.0 cm³/mol. The van der Waals surface area contributed by atoms with Crippen molar-refractivity contribution in [3.05, 3.63) is 0 Å². The topological polar surface area (TPSA) is 15.3 Å². The van der Waals surface area contributed by atoms with Crippen LogP contribution in [0.2, 0.25) is 0 Å². The molecule has 1 fully saturated rings. The number of likely N-dealkylation sites (tertiary alicyclic amines) is 1. The van der Waals surface area contributed by atoms with Crippen LogP contribution in [0, 0.1) is 0 Å². The smallest absolute Gasteiger partial charge is 0.0202 e. The van der Waals surface area contributed by atoms with Crippen LogP contribution in [-0.4, -0.2) is 37.6 Å². The molecule has 1 saturated heterocycles. The first kappa shape index (κ1) is 11.0. The van der Waals surface area contributed by atoms with Gasteiger partial charge in [-0.25, -0.2) is 0 Å². The number of piperidine rings is 1. The Morgan fingerprint density at radius 2 is 1.92 bits per heavy atom. The minimum Gasteiger partial charge on any atom is -0.314 e. The molecule has 13 heavy (non-hydrogen) atoms. The maximum absolute atomic E-state index is 3.55. The van der Waals surface area contributed by atoms with Crippen molar-refractivity contribution < 1.29 is 0 Å². The number of nitrogens with zero attached hydrogens (tertiary/aromatic N) is 1. The summed E-state index contributed by atoms with van der Waals surface area (Å²) in [5.74, 6) is 0. The van der Waals surface area contributed by atoms with Gasteiger partial charge in [0.25, 0.3) is 0 Å². The lowest BCUT2D eigenvalue weighted by Gasteiger charge is -2.40. The van der Waals surface area contributed by atoms with E-state index < -0.39 is 0 Å². The number of hydrogen-bond acceptors (Lipinski definition) is 2. The lowest BCUT2D eigenvalue weighted by Crippen LogP contribution is -2.51. The van der Waals surface area contributed by atoms with Gasteiger partial charge in [-0.15, -0.1) is 0 Å². The summed E-state index contributed by atoms with van der Waals surface area (Å²) in [5.41, 5.74) is 0.461. The summed E-state index contributed by atoms with van der Waals surface area (Å²) < 4.78 is 0. The zero-order valence-electron chi connectivity index (χ0n) is 9.40.